The first-order valence-electron chi connectivity index (χ1n) is 24.9. The number of amides is 1. The summed E-state index contributed by atoms with van der Waals surface area (Å²) in [5.74, 6) is -8.00. The van der Waals surface area contributed by atoms with Crippen molar-refractivity contribution in [1.29, 1.82) is 0 Å². The Bertz CT molecular complexity index is 1820. The number of ketones is 3. The third-order valence-electron chi connectivity index (χ3n) is 15.4. The predicted octanol–water partition coefficient (Wildman–Crippen LogP) is 6.96. The van der Waals surface area contributed by atoms with Crippen LogP contribution in [0.25, 0.3) is 0 Å². The van der Waals surface area contributed by atoms with Crippen LogP contribution in [0.4, 0.5) is 0 Å². The number of rotatable bonds is 7. The Hall–Kier alpha value is -3.37. The van der Waals surface area contributed by atoms with E-state index in [1.165, 1.54) is 12.0 Å². The number of esters is 1. The fourth-order valence-corrected chi connectivity index (χ4v) is 10.8. The van der Waals surface area contributed by atoms with Crippen LogP contribution in [-0.4, -0.2) is 131 Å². The summed E-state index contributed by atoms with van der Waals surface area (Å²) < 4.78 is 29.7. The number of carbonyl (C=O) groups excluding carboxylic acids is 5. The topological polar surface area (TPSA) is 195 Å². The largest absolute Gasteiger partial charge is 0.460 e. The third-order valence-corrected chi connectivity index (χ3v) is 15.4. The zero-order chi connectivity index (χ0) is 49.8. The fourth-order valence-electron chi connectivity index (χ4n) is 10.8. The highest BCUT2D eigenvalue weighted by atomic mass is 16.6. The number of hydrogen-bond acceptors (Lipinski definition) is 13. The molecule has 0 aromatic carbocycles. The Kier molecular flexibility index (Phi) is 21.4. The molecule has 0 unspecified atom stereocenters. The number of ether oxygens (including phenoxy) is 5. The molecule has 0 spiro atoms. The Balaban J connectivity index is 1.76. The molecule has 3 fully saturated rings. The highest BCUT2D eigenvalue weighted by Gasteiger charge is 2.56. The van der Waals surface area contributed by atoms with E-state index < -0.39 is 83.4 Å². The number of piperidine rings is 1. The maximum Gasteiger partial charge on any atom is 0.332 e. The Morgan fingerprint density at radius 3 is 2.24 bits per heavy atom. The molecule has 2 saturated heterocycles. The number of methoxy groups -OCH3 is 3. The predicted molar refractivity (Wildman–Crippen MR) is 254 cm³/mol. The number of carbonyl (C=O) groups is 5. The van der Waals surface area contributed by atoms with Crippen molar-refractivity contribution in [2.24, 2.45) is 35.5 Å². The Morgan fingerprint density at radius 2 is 1.58 bits per heavy atom. The normalized spacial score (nSPS) is 40.7. The maximum atomic E-state index is 14.9. The molecule has 0 aromatic heterocycles. The van der Waals surface area contributed by atoms with Crippen LogP contribution in [0.15, 0.2) is 47.6 Å². The van der Waals surface area contributed by atoms with Gasteiger partial charge in [-0.1, -0.05) is 78.0 Å². The first-order valence-corrected chi connectivity index (χ1v) is 24.9. The van der Waals surface area contributed by atoms with E-state index in [1.54, 1.807) is 48.0 Å². The maximum absolute atomic E-state index is 14.9. The number of aliphatic hydroxyl groups is 3. The lowest BCUT2D eigenvalue weighted by molar-refractivity contribution is -0.266. The van der Waals surface area contributed by atoms with Gasteiger partial charge in [0.05, 0.1) is 24.4 Å². The van der Waals surface area contributed by atoms with Crippen LogP contribution in [-0.2, 0) is 47.7 Å². The second-order valence-electron chi connectivity index (χ2n) is 20.3. The summed E-state index contributed by atoms with van der Waals surface area (Å²) in [5, 5.41) is 34.1. The molecule has 4 aliphatic rings. The molecule has 1 amide bonds. The average molecular weight is 942 g/mol. The van der Waals surface area contributed by atoms with Crippen LogP contribution in [0.3, 0.4) is 0 Å². The first kappa shape index (κ1) is 56.2. The van der Waals surface area contributed by atoms with E-state index >= 15 is 0 Å². The lowest BCUT2D eigenvalue weighted by atomic mass is 9.78. The number of hydrogen-bond donors (Lipinski definition) is 3. The summed E-state index contributed by atoms with van der Waals surface area (Å²) in [6.07, 6.45) is 11.2. The molecule has 1 saturated carbocycles. The van der Waals surface area contributed by atoms with E-state index in [0.29, 0.717) is 63.4 Å². The second kappa shape index (κ2) is 25.5. The molecule has 67 heavy (non-hydrogen) atoms. The van der Waals surface area contributed by atoms with Crippen LogP contribution < -0.4 is 0 Å². The molecule has 1 aliphatic carbocycles. The van der Waals surface area contributed by atoms with Crippen LogP contribution in [0.1, 0.15) is 139 Å². The summed E-state index contributed by atoms with van der Waals surface area (Å²) in [7, 11) is 4.53. The molecular formula is C53H83NO13. The number of fused-ring (bicyclic) bond motifs is 3. The molecule has 0 aromatic rings. The van der Waals surface area contributed by atoms with E-state index in [0.717, 1.165) is 12.0 Å². The van der Waals surface area contributed by atoms with E-state index in [1.807, 2.05) is 58.1 Å². The van der Waals surface area contributed by atoms with Gasteiger partial charge in [-0.15, -0.1) is 0 Å². The summed E-state index contributed by atoms with van der Waals surface area (Å²) in [5.41, 5.74) is -0.297. The van der Waals surface area contributed by atoms with Crippen LogP contribution >= 0.6 is 0 Å². The summed E-state index contributed by atoms with van der Waals surface area (Å²) in [6.45, 7) is 14.5. The highest BCUT2D eigenvalue weighted by Crippen LogP contribution is 2.40. The SMILES string of the molecule is CC[C@@]12CCCCN1C(=O)C(=O)[C@]1(O)O[C@@H](CC[C@H]1C)C[C@H](OC)/C(C)=C/C=C\C=C\[C@@H](C)C[C@@H](C)C(=O)[C@H](OC)[C@H](O)/C(C)=C/[C@@H](C)C(=O)C[C@@H]([C@H](C)C[C@@H]1CC[C@@H](O)[C@H](OC)C1)OC2=O. The molecule has 4 rings (SSSR count). The Labute approximate surface area is 399 Å². The van der Waals surface area contributed by atoms with Crippen molar-refractivity contribution in [3.05, 3.63) is 47.6 Å². The van der Waals surface area contributed by atoms with Crippen molar-refractivity contribution in [3.63, 3.8) is 0 Å². The molecule has 15 atom stereocenters. The summed E-state index contributed by atoms with van der Waals surface area (Å²) in [4.78, 5) is 73.2. The van der Waals surface area contributed by atoms with Crippen molar-refractivity contribution in [2.75, 3.05) is 27.9 Å². The van der Waals surface area contributed by atoms with Crippen molar-refractivity contribution < 1.29 is 63.0 Å². The Morgan fingerprint density at radius 1 is 0.866 bits per heavy atom. The van der Waals surface area contributed by atoms with Crippen molar-refractivity contribution in [1.82, 2.24) is 4.90 Å². The lowest BCUT2D eigenvalue weighted by Gasteiger charge is -2.47. The average Bonchev–Trinajstić information content (AvgIpc) is 3.30. The zero-order valence-corrected chi connectivity index (χ0v) is 42.2. The van der Waals surface area contributed by atoms with Gasteiger partial charge in [-0.2, -0.15) is 0 Å². The third kappa shape index (κ3) is 13.9. The van der Waals surface area contributed by atoms with Gasteiger partial charge in [0.25, 0.3) is 11.7 Å². The second-order valence-corrected chi connectivity index (χ2v) is 20.3. The van der Waals surface area contributed by atoms with E-state index in [2.05, 4.69) is 0 Å². The van der Waals surface area contributed by atoms with Crippen molar-refractivity contribution >= 4 is 29.2 Å². The summed E-state index contributed by atoms with van der Waals surface area (Å²) >= 11 is 0. The van der Waals surface area contributed by atoms with Gasteiger partial charge >= 0.3 is 5.97 Å². The number of nitrogens with zero attached hydrogens (tertiary/aromatic N) is 1. The number of cyclic esters (lactones) is 1. The number of Topliss-reactive ketones (excluding diaryl/α,β-unsaturated/α-hetero) is 3. The van der Waals surface area contributed by atoms with Gasteiger partial charge in [0, 0.05) is 58.5 Å². The number of aliphatic hydroxyl groups excluding tert-OH is 2. The standard InChI is InChI=1S/C53H83NO13/c1-12-52-24-16-17-25-54(52)50(60)49(59)53(62)38(8)20-22-40(67-53)30-43(63-9)33(3)19-15-13-14-18-32(2)26-36(6)46(57)48(65-11)47(58)37(7)27-34(4)42(56)31-44(66-51(52)61)35(5)28-39-21-23-41(55)45(29-39)64-10/h13-15,18-19,27,32,34-36,38-41,43-45,47-48,55,58,62H,12,16-17,20-26,28-31H2,1-11H3/b15-13-,18-14+,33-19+,37-27+/t32-,34-,35-,36-,38-,39+,40+,41-,43+,44+,45-,47-,48+,52+,53-/m1/s1. The monoisotopic (exact) mass is 942 g/mol. The summed E-state index contributed by atoms with van der Waals surface area (Å²) in [6, 6.07) is 0. The molecule has 14 heteroatoms. The van der Waals surface area contributed by atoms with Crippen LogP contribution in [0.2, 0.25) is 0 Å². The van der Waals surface area contributed by atoms with Crippen LogP contribution in [0, 0.1) is 35.5 Å². The van der Waals surface area contributed by atoms with Gasteiger partial charge < -0.3 is 43.9 Å². The fraction of sp³-hybridized carbons (Fsp3) is 0.755. The minimum Gasteiger partial charge on any atom is -0.460 e. The lowest BCUT2D eigenvalue weighted by Crippen LogP contribution is -2.65. The zero-order valence-electron chi connectivity index (χ0n) is 42.2. The van der Waals surface area contributed by atoms with Crippen LogP contribution in [0.5, 0.6) is 0 Å². The molecule has 2 bridgehead atoms. The van der Waals surface area contributed by atoms with Gasteiger partial charge in [-0.05, 0) is 113 Å². The van der Waals surface area contributed by atoms with Crippen molar-refractivity contribution in [2.45, 2.75) is 193 Å². The minimum absolute atomic E-state index is 0.0167. The molecular weight excluding hydrogens is 859 g/mol. The molecule has 3 heterocycles. The first-order chi connectivity index (χ1) is 31.7. The van der Waals surface area contributed by atoms with Gasteiger partial charge in [-0.3, -0.25) is 19.2 Å². The van der Waals surface area contributed by atoms with Gasteiger partial charge in [-0.25, -0.2) is 4.79 Å². The van der Waals surface area contributed by atoms with Gasteiger partial charge in [0.2, 0.25) is 5.79 Å². The van der Waals surface area contributed by atoms with E-state index in [4.69, 9.17) is 23.7 Å². The van der Waals surface area contributed by atoms with E-state index in [9.17, 15) is 39.3 Å². The minimum atomic E-state index is -2.45. The highest BCUT2D eigenvalue weighted by molar-refractivity contribution is 6.39. The van der Waals surface area contributed by atoms with Gasteiger partial charge in [0.15, 0.2) is 5.78 Å². The molecule has 3 aliphatic heterocycles. The number of allylic oxidation sites excluding steroid dienone is 6. The molecule has 3 N–H and O–H groups in total. The molecule has 0 radical (unpaired) electrons. The van der Waals surface area contributed by atoms with Gasteiger partial charge in [0.1, 0.15) is 29.6 Å². The molecule has 378 valence electrons. The van der Waals surface area contributed by atoms with Crippen molar-refractivity contribution in [3.8, 4) is 0 Å². The van der Waals surface area contributed by atoms with E-state index in [-0.39, 0.29) is 61.2 Å². The quantitative estimate of drug-likeness (QED) is 0.135. The molecule has 14 nitrogen and oxygen atoms in total. The smallest absolute Gasteiger partial charge is 0.332 e.